The fourth-order valence-corrected chi connectivity index (χ4v) is 4.40. The van der Waals surface area contributed by atoms with Crippen molar-refractivity contribution in [1.29, 1.82) is 0 Å². The van der Waals surface area contributed by atoms with E-state index in [0.717, 1.165) is 13.1 Å². The van der Waals surface area contributed by atoms with Crippen LogP contribution in [0.2, 0.25) is 0 Å². The van der Waals surface area contributed by atoms with E-state index in [-0.39, 0.29) is 5.54 Å². The molecule has 0 bridgehead atoms. The molecule has 1 saturated carbocycles. The lowest BCUT2D eigenvalue weighted by Crippen LogP contribution is -2.66. The summed E-state index contributed by atoms with van der Waals surface area (Å²) in [6, 6.07) is 11.7. The molecule has 0 radical (unpaired) electrons. The molecule has 1 aliphatic carbocycles. The molecule has 0 spiro atoms. The minimum Gasteiger partial charge on any atom is -0.305 e. The van der Waals surface area contributed by atoms with Gasteiger partial charge in [0.2, 0.25) is 0 Å². The summed E-state index contributed by atoms with van der Waals surface area (Å²) >= 11 is 0. The highest BCUT2D eigenvalue weighted by Crippen LogP contribution is 2.40. The van der Waals surface area contributed by atoms with Gasteiger partial charge >= 0.3 is 0 Å². The number of rotatable bonds is 3. The fraction of sp³-hybridized carbons (Fsp3) is 0.684. The molecule has 2 unspecified atom stereocenters. The van der Waals surface area contributed by atoms with Gasteiger partial charge in [-0.05, 0) is 38.7 Å². The molecule has 1 N–H and O–H groups in total. The van der Waals surface area contributed by atoms with Gasteiger partial charge in [-0.3, -0.25) is 4.90 Å². The van der Waals surface area contributed by atoms with Gasteiger partial charge in [-0.15, -0.1) is 0 Å². The van der Waals surface area contributed by atoms with Gasteiger partial charge < -0.3 is 5.32 Å². The average molecular weight is 286 g/mol. The van der Waals surface area contributed by atoms with Crippen molar-refractivity contribution in [3.63, 3.8) is 0 Å². The van der Waals surface area contributed by atoms with Gasteiger partial charge in [0, 0.05) is 24.7 Å². The number of nitrogens with one attached hydrogen (secondary N) is 1. The summed E-state index contributed by atoms with van der Waals surface area (Å²) in [6.45, 7) is 9.45. The van der Waals surface area contributed by atoms with Crippen LogP contribution in [-0.4, -0.2) is 29.6 Å². The zero-order chi connectivity index (χ0) is 14.9. The molecule has 3 rings (SSSR count). The first-order chi connectivity index (χ1) is 10.1. The van der Waals surface area contributed by atoms with Gasteiger partial charge in [-0.1, -0.05) is 50.1 Å². The first kappa shape index (κ1) is 15.1. The molecule has 0 amide bonds. The summed E-state index contributed by atoms with van der Waals surface area (Å²) in [7, 11) is 0. The predicted octanol–water partition coefficient (Wildman–Crippen LogP) is 3.92. The van der Waals surface area contributed by atoms with Crippen molar-refractivity contribution in [2.45, 2.75) is 70.0 Å². The quantitative estimate of drug-likeness (QED) is 0.906. The SMILES string of the molecule is CCC1CNC(C)(c2ccccc2)CN1C1(C)CCCC1. The molecular weight excluding hydrogens is 256 g/mol. The molecule has 2 nitrogen and oxygen atoms in total. The molecule has 1 aliphatic heterocycles. The maximum absolute atomic E-state index is 3.84. The third kappa shape index (κ3) is 2.76. The van der Waals surface area contributed by atoms with Crippen LogP contribution in [0.3, 0.4) is 0 Å². The van der Waals surface area contributed by atoms with E-state index < -0.39 is 0 Å². The maximum atomic E-state index is 3.84. The van der Waals surface area contributed by atoms with E-state index in [1.165, 1.54) is 37.7 Å². The lowest BCUT2D eigenvalue weighted by Gasteiger charge is -2.53. The second kappa shape index (κ2) is 5.73. The minimum absolute atomic E-state index is 0.0819. The van der Waals surface area contributed by atoms with Crippen LogP contribution in [0.4, 0.5) is 0 Å². The maximum Gasteiger partial charge on any atom is 0.0535 e. The number of hydrogen-bond acceptors (Lipinski definition) is 2. The predicted molar refractivity (Wildman–Crippen MR) is 89.5 cm³/mol. The highest BCUT2D eigenvalue weighted by molar-refractivity contribution is 5.25. The Morgan fingerprint density at radius 3 is 2.43 bits per heavy atom. The van der Waals surface area contributed by atoms with Gasteiger partial charge in [0.25, 0.3) is 0 Å². The van der Waals surface area contributed by atoms with Gasteiger partial charge in [0.05, 0.1) is 5.54 Å². The fourth-order valence-electron chi connectivity index (χ4n) is 4.40. The second-order valence-corrected chi connectivity index (χ2v) is 7.47. The molecule has 1 aromatic carbocycles. The van der Waals surface area contributed by atoms with Crippen LogP contribution in [0.5, 0.6) is 0 Å². The normalized spacial score (nSPS) is 33.2. The van der Waals surface area contributed by atoms with Crippen LogP contribution in [0, 0.1) is 0 Å². The highest BCUT2D eigenvalue weighted by Gasteiger charge is 2.45. The topological polar surface area (TPSA) is 15.3 Å². The molecule has 2 aliphatic rings. The van der Waals surface area contributed by atoms with Crippen LogP contribution in [0.1, 0.15) is 58.4 Å². The Morgan fingerprint density at radius 2 is 1.81 bits per heavy atom. The lowest BCUT2D eigenvalue weighted by molar-refractivity contribution is -0.00448. The van der Waals surface area contributed by atoms with Crippen LogP contribution < -0.4 is 5.32 Å². The van der Waals surface area contributed by atoms with E-state index >= 15 is 0 Å². The minimum atomic E-state index is 0.0819. The molecule has 21 heavy (non-hydrogen) atoms. The van der Waals surface area contributed by atoms with Crippen molar-refractivity contribution >= 4 is 0 Å². The standard InChI is InChI=1S/C19H30N2/c1-4-17-14-20-19(3,16-10-6-5-7-11-16)15-21(17)18(2)12-8-9-13-18/h5-7,10-11,17,20H,4,8-9,12-15H2,1-3H3. The van der Waals surface area contributed by atoms with E-state index in [0.29, 0.717) is 11.6 Å². The van der Waals surface area contributed by atoms with Crippen molar-refractivity contribution < 1.29 is 0 Å². The number of benzene rings is 1. The van der Waals surface area contributed by atoms with Crippen molar-refractivity contribution in [3.8, 4) is 0 Å². The van der Waals surface area contributed by atoms with E-state index in [1.54, 1.807) is 0 Å². The third-order valence-electron chi connectivity index (χ3n) is 5.91. The van der Waals surface area contributed by atoms with E-state index in [2.05, 4.69) is 61.3 Å². The molecule has 1 aromatic rings. The van der Waals surface area contributed by atoms with Gasteiger partial charge in [0.1, 0.15) is 0 Å². The molecule has 116 valence electrons. The Kier molecular flexibility index (Phi) is 4.11. The van der Waals surface area contributed by atoms with Crippen molar-refractivity contribution in [1.82, 2.24) is 10.2 Å². The van der Waals surface area contributed by atoms with Crippen molar-refractivity contribution in [2.75, 3.05) is 13.1 Å². The van der Waals surface area contributed by atoms with Gasteiger partial charge in [0.15, 0.2) is 0 Å². The Bertz CT molecular complexity index is 464. The van der Waals surface area contributed by atoms with Crippen LogP contribution >= 0.6 is 0 Å². The molecular formula is C19H30N2. The summed E-state index contributed by atoms with van der Waals surface area (Å²) in [5, 5.41) is 3.84. The van der Waals surface area contributed by atoms with E-state index in [1.807, 2.05) is 0 Å². The summed E-state index contributed by atoms with van der Waals surface area (Å²) < 4.78 is 0. The number of hydrogen-bond donors (Lipinski definition) is 1. The molecule has 2 atom stereocenters. The Morgan fingerprint density at radius 1 is 1.14 bits per heavy atom. The van der Waals surface area contributed by atoms with E-state index in [9.17, 15) is 0 Å². The summed E-state index contributed by atoms with van der Waals surface area (Å²) in [5.41, 5.74) is 1.92. The van der Waals surface area contributed by atoms with Crippen LogP contribution in [0.15, 0.2) is 30.3 Å². The first-order valence-electron chi connectivity index (χ1n) is 8.65. The van der Waals surface area contributed by atoms with E-state index in [4.69, 9.17) is 0 Å². The molecule has 2 heteroatoms. The number of nitrogens with zero attached hydrogens (tertiary/aromatic N) is 1. The first-order valence-corrected chi connectivity index (χ1v) is 8.65. The molecule has 2 fully saturated rings. The highest BCUT2D eigenvalue weighted by atomic mass is 15.3. The summed E-state index contributed by atoms with van der Waals surface area (Å²) in [4.78, 5) is 2.84. The van der Waals surface area contributed by atoms with Crippen LogP contribution in [-0.2, 0) is 5.54 Å². The average Bonchev–Trinajstić information content (AvgIpc) is 2.96. The second-order valence-electron chi connectivity index (χ2n) is 7.47. The molecule has 0 aromatic heterocycles. The summed E-state index contributed by atoms with van der Waals surface area (Å²) in [6.07, 6.45) is 6.79. The van der Waals surface area contributed by atoms with Gasteiger partial charge in [-0.25, -0.2) is 0 Å². The Balaban J connectivity index is 1.87. The van der Waals surface area contributed by atoms with Crippen LogP contribution in [0.25, 0.3) is 0 Å². The smallest absolute Gasteiger partial charge is 0.0535 e. The monoisotopic (exact) mass is 286 g/mol. The van der Waals surface area contributed by atoms with Crippen molar-refractivity contribution in [3.05, 3.63) is 35.9 Å². The zero-order valence-electron chi connectivity index (χ0n) is 13.9. The lowest BCUT2D eigenvalue weighted by atomic mass is 9.84. The molecule has 1 heterocycles. The Labute approximate surface area is 129 Å². The number of piperazine rings is 1. The summed E-state index contributed by atoms with van der Waals surface area (Å²) in [5.74, 6) is 0. The van der Waals surface area contributed by atoms with Crippen molar-refractivity contribution in [2.24, 2.45) is 0 Å². The third-order valence-corrected chi connectivity index (χ3v) is 5.91. The van der Waals surface area contributed by atoms with Gasteiger partial charge in [-0.2, -0.15) is 0 Å². The Hall–Kier alpha value is -0.860. The molecule has 1 saturated heterocycles. The zero-order valence-corrected chi connectivity index (χ0v) is 13.9. The largest absolute Gasteiger partial charge is 0.305 e.